The van der Waals surface area contributed by atoms with Crippen LogP contribution in [0.1, 0.15) is 36.1 Å². The lowest BCUT2D eigenvalue weighted by Gasteiger charge is -2.34. The SMILES string of the molecule is Cc1cc(C)c(C)c(S(=O)(=O)N2CCN(C(=O)COC(=O)C(C)C)CC2)c1C. The summed E-state index contributed by atoms with van der Waals surface area (Å²) in [6.07, 6.45) is 0. The molecule has 1 saturated heterocycles. The molecule has 1 fully saturated rings. The van der Waals surface area contributed by atoms with Gasteiger partial charge in [0, 0.05) is 26.2 Å². The summed E-state index contributed by atoms with van der Waals surface area (Å²) in [5, 5.41) is 0. The van der Waals surface area contributed by atoms with Crippen molar-refractivity contribution < 1.29 is 22.7 Å². The molecular weight excluding hydrogens is 380 g/mol. The second-order valence-electron chi connectivity index (χ2n) is 7.64. The Balaban J connectivity index is 2.09. The fourth-order valence-corrected chi connectivity index (χ4v) is 5.26. The highest BCUT2D eigenvalue weighted by atomic mass is 32.2. The van der Waals surface area contributed by atoms with E-state index < -0.39 is 16.0 Å². The number of hydrogen-bond donors (Lipinski definition) is 0. The second kappa shape index (κ2) is 8.61. The van der Waals surface area contributed by atoms with Crippen molar-refractivity contribution in [3.8, 4) is 0 Å². The highest BCUT2D eigenvalue weighted by Crippen LogP contribution is 2.29. The minimum Gasteiger partial charge on any atom is -0.455 e. The van der Waals surface area contributed by atoms with Gasteiger partial charge >= 0.3 is 5.97 Å². The lowest BCUT2D eigenvalue weighted by atomic mass is 10.0. The summed E-state index contributed by atoms with van der Waals surface area (Å²) in [6.45, 7) is 11.6. The second-order valence-corrected chi connectivity index (χ2v) is 9.51. The summed E-state index contributed by atoms with van der Waals surface area (Å²) in [4.78, 5) is 25.7. The average molecular weight is 411 g/mol. The normalized spacial score (nSPS) is 15.8. The van der Waals surface area contributed by atoms with Crippen LogP contribution in [-0.4, -0.2) is 62.3 Å². The number of ether oxygens (including phenoxy) is 1. The molecule has 1 aliphatic heterocycles. The maximum Gasteiger partial charge on any atom is 0.308 e. The molecule has 156 valence electrons. The van der Waals surface area contributed by atoms with Crippen LogP contribution in [0.2, 0.25) is 0 Å². The predicted octanol–water partition coefficient (Wildman–Crippen LogP) is 1.95. The van der Waals surface area contributed by atoms with Crippen molar-refractivity contribution >= 4 is 21.9 Å². The fraction of sp³-hybridized carbons (Fsp3) is 0.600. The number of sulfonamides is 1. The summed E-state index contributed by atoms with van der Waals surface area (Å²) < 4.78 is 32.9. The van der Waals surface area contributed by atoms with Crippen molar-refractivity contribution in [3.05, 3.63) is 28.3 Å². The number of hydrogen-bond acceptors (Lipinski definition) is 5. The molecular formula is C20H30N2O5S. The van der Waals surface area contributed by atoms with Gasteiger partial charge in [-0.05, 0) is 49.9 Å². The third-order valence-electron chi connectivity index (χ3n) is 5.30. The number of esters is 1. The van der Waals surface area contributed by atoms with Crippen LogP contribution in [-0.2, 0) is 24.3 Å². The molecule has 0 bridgehead atoms. The van der Waals surface area contributed by atoms with Crippen molar-refractivity contribution in [2.24, 2.45) is 5.92 Å². The zero-order valence-corrected chi connectivity index (χ0v) is 18.4. The molecule has 0 N–H and O–H groups in total. The van der Waals surface area contributed by atoms with Gasteiger partial charge in [-0.1, -0.05) is 19.9 Å². The van der Waals surface area contributed by atoms with Crippen LogP contribution in [0.3, 0.4) is 0 Å². The number of carbonyl (C=O) groups is 2. The van der Waals surface area contributed by atoms with Gasteiger partial charge in [0.2, 0.25) is 10.0 Å². The number of rotatable bonds is 5. The molecule has 0 atom stereocenters. The first-order valence-corrected chi connectivity index (χ1v) is 10.9. The van der Waals surface area contributed by atoms with E-state index in [2.05, 4.69) is 0 Å². The van der Waals surface area contributed by atoms with Gasteiger partial charge in [-0.25, -0.2) is 8.42 Å². The van der Waals surface area contributed by atoms with E-state index in [4.69, 9.17) is 4.74 Å². The Morgan fingerprint density at radius 1 is 1.00 bits per heavy atom. The van der Waals surface area contributed by atoms with Crippen molar-refractivity contribution in [2.45, 2.75) is 46.4 Å². The van der Waals surface area contributed by atoms with Crippen molar-refractivity contribution in [1.29, 1.82) is 0 Å². The lowest BCUT2D eigenvalue weighted by molar-refractivity contribution is -0.155. The van der Waals surface area contributed by atoms with E-state index in [9.17, 15) is 18.0 Å². The fourth-order valence-electron chi connectivity index (χ4n) is 3.27. The monoisotopic (exact) mass is 410 g/mol. The summed E-state index contributed by atoms with van der Waals surface area (Å²) in [5.41, 5.74) is 3.43. The predicted molar refractivity (Wildman–Crippen MR) is 107 cm³/mol. The van der Waals surface area contributed by atoms with E-state index in [0.29, 0.717) is 4.90 Å². The van der Waals surface area contributed by atoms with Gasteiger partial charge < -0.3 is 9.64 Å². The maximum absolute atomic E-state index is 13.3. The van der Waals surface area contributed by atoms with Crippen LogP contribution in [0.15, 0.2) is 11.0 Å². The van der Waals surface area contributed by atoms with Gasteiger partial charge in [-0.2, -0.15) is 4.31 Å². The smallest absolute Gasteiger partial charge is 0.308 e. The van der Waals surface area contributed by atoms with Crippen LogP contribution < -0.4 is 0 Å². The first-order valence-electron chi connectivity index (χ1n) is 9.48. The Labute approximate surface area is 167 Å². The molecule has 7 nitrogen and oxygen atoms in total. The Morgan fingerprint density at radius 3 is 1.96 bits per heavy atom. The van der Waals surface area contributed by atoms with Gasteiger partial charge in [-0.3, -0.25) is 9.59 Å². The molecule has 1 heterocycles. The number of aryl methyl sites for hydroxylation is 2. The number of amides is 1. The molecule has 8 heteroatoms. The highest BCUT2D eigenvalue weighted by Gasteiger charge is 2.33. The molecule has 0 aliphatic carbocycles. The Kier molecular flexibility index (Phi) is 6.88. The number of piperazine rings is 1. The molecule has 0 unspecified atom stereocenters. The van der Waals surface area contributed by atoms with Gasteiger partial charge in [0.1, 0.15) is 0 Å². The van der Waals surface area contributed by atoms with Gasteiger partial charge in [-0.15, -0.1) is 0 Å². The van der Waals surface area contributed by atoms with Crippen LogP contribution >= 0.6 is 0 Å². The molecule has 0 spiro atoms. The first kappa shape index (κ1) is 22.4. The quantitative estimate of drug-likeness (QED) is 0.693. The van der Waals surface area contributed by atoms with E-state index in [1.807, 2.05) is 33.8 Å². The van der Waals surface area contributed by atoms with E-state index >= 15 is 0 Å². The van der Waals surface area contributed by atoms with Crippen LogP contribution in [0, 0.1) is 33.6 Å². The third kappa shape index (κ3) is 4.55. The third-order valence-corrected chi connectivity index (χ3v) is 7.47. The molecule has 28 heavy (non-hydrogen) atoms. The molecule has 1 amide bonds. The van der Waals surface area contributed by atoms with Crippen LogP contribution in [0.25, 0.3) is 0 Å². The Hall–Kier alpha value is -1.93. The maximum atomic E-state index is 13.3. The van der Waals surface area contributed by atoms with E-state index in [0.717, 1.165) is 22.3 Å². The number of nitrogens with zero attached hydrogens (tertiary/aromatic N) is 2. The van der Waals surface area contributed by atoms with Crippen LogP contribution in [0.5, 0.6) is 0 Å². The van der Waals surface area contributed by atoms with E-state index in [1.54, 1.807) is 18.7 Å². The number of benzene rings is 1. The molecule has 1 aliphatic rings. The van der Waals surface area contributed by atoms with Crippen molar-refractivity contribution in [2.75, 3.05) is 32.8 Å². The van der Waals surface area contributed by atoms with Crippen molar-refractivity contribution in [1.82, 2.24) is 9.21 Å². The highest BCUT2D eigenvalue weighted by molar-refractivity contribution is 7.89. The zero-order valence-electron chi connectivity index (χ0n) is 17.5. The van der Waals surface area contributed by atoms with E-state index in [-0.39, 0.29) is 44.6 Å². The van der Waals surface area contributed by atoms with Crippen LogP contribution in [0.4, 0.5) is 0 Å². The first-order chi connectivity index (χ1) is 13.0. The summed E-state index contributed by atoms with van der Waals surface area (Å²) >= 11 is 0. The minimum absolute atomic E-state index is 0.220. The van der Waals surface area contributed by atoms with Crippen molar-refractivity contribution in [3.63, 3.8) is 0 Å². The van der Waals surface area contributed by atoms with Gasteiger partial charge in [0.05, 0.1) is 10.8 Å². The average Bonchev–Trinajstić information content (AvgIpc) is 2.64. The minimum atomic E-state index is -3.64. The topological polar surface area (TPSA) is 84.0 Å². The standard InChI is InChI=1S/C20H30N2O5S/c1-13(2)20(24)27-12-18(23)21-7-9-22(10-8-21)28(25,26)19-16(5)14(3)11-15(4)17(19)6/h11,13H,7-10,12H2,1-6H3. The number of carbonyl (C=O) groups excluding carboxylic acids is 2. The summed E-state index contributed by atoms with van der Waals surface area (Å²) in [5.74, 6) is -1.01. The molecule has 0 saturated carbocycles. The molecule has 2 rings (SSSR count). The molecule has 0 aromatic heterocycles. The lowest BCUT2D eigenvalue weighted by Crippen LogP contribution is -2.51. The summed E-state index contributed by atoms with van der Waals surface area (Å²) in [6, 6.07) is 2.00. The molecule has 1 aromatic rings. The van der Waals surface area contributed by atoms with Gasteiger partial charge in [0.15, 0.2) is 6.61 Å². The van der Waals surface area contributed by atoms with Gasteiger partial charge in [0.25, 0.3) is 5.91 Å². The zero-order chi connectivity index (χ0) is 21.2. The Morgan fingerprint density at radius 2 is 1.50 bits per heavy atom. The Bertz CT molecular complexity index is 843. The van der Waals surface area contributed by atoms with E-state index in [1.165, 1.54) is 4.31 Å². The summed E-state index contributed by atoms with van der Waals surface area (Å²) in [7, 11) is -3.64. The largest absolute Gasteiger partial charge is 0.455 e. The molecule has 0 radical (unpaired) electrons. The molecule has 1 aromatic carbocycles.